The van der Waals surface area contributed by atoms with E-state index >= 15 is 13.7 Å². The number of unbranched alkanes of at least 4 members (excludes halogenated alkanes) is 1. The van der Waals surface area contributed by atoms with Crippen LogP contribution in [0.3, 0.4) is 0 Å². The van der Waals surface area contributed by atoms with Gasteiger partial charge in [0.2, 0.25) is 0 Å². The maximum atomic E-state index is 15.7. The first-order chi connectivity index (χ1) is 35.3. The van der Waals surface area contributed by atoms with E-state index in [2.05, 4.69) is 6.92 Å². The molecule has 8 aromatic rings. The van der Waals surface area contributed by atoms with Gasteiger partial charge in [-0.2, -0.15) is 0 Å². The zero-order chi connectivity index (χ0) is 50.5. The van der Waals surface area contributed by atoms with Crippen molar-refractivity contribution in [3.05, 3.63) is 203 Å². The summed E-state index contributed by atoms with van der Waals surface area (Å²) in [7, 11) is -11.3. The molecule has 3 unspecified atom stereocenters. The highest BCUT2D eigenvalue weighted by Gasteiger charge is 2.42. The molecule has 0 saturated heterocycles. The van der Waals surface area contributed by atoms with E-state index in [4.69, 9.17) is 23.0 Å². The third-order valence-corrected chi connectivity index (χ3v) is 21.3. The summed E-state index contributed by atoms with van der Waals surface area (Å²) in [6.45, 7) is 6.69. The predicted octanol–water partition coefficient (Wildman–Crippen LogP) is 14.4. The lowest BCUT2D eigenvalue weighted by atomic mass is 9.76. The fourth-order valence-corrected chi connectivity index (χ4v) is 17.5. The van der Waals surface area contributed by atoms with E-state index < -0.39 is 27.5 Å². The number of rotatable bonds is 14. The predicted molar refractivity (Wildman–Crippen MR) is 288 cm³/mol. The molecule has 3 aliphatic heterocycles. The van der Waals surface area contributed by atoms with Gasteiger partial charge in [-0.25, -0.2) is 0 Å². The molecule has 366 valence electrons. The van der Waals surface area contributed by atoms with Crippen LogP contribution in [-0.2, 0) is 48.9 Å². The second-order valence-corrected chi connectivity index (χ2v) is 26.3. The average molecular weight is 1020 g/mol. The van der Waals surface area contributed by atoms with Crippen LogP contribution in [0.2, 0.25) is 0 Å². The van der Waals surface area contributed by atoms with Crippen LogP contribution in [0.25, 0.3) is 33.4 Å². The highest BCUT2D eigenvalue weighted by molar-refractivity contribution is 7.67. The molecule has 0 radical (unpaired) electrons. The normalized spacial score (nSPS) is 18.9. The third kappa shape index (κ3) is 8.69. The van der Waals surface area contributed by atoms with Crippen LogP contribution >= 0.6 is 22.1 Å². The van der Waals surface area contributed by atoms with Crippen molar-refractivity contribution in [1.29, 1.82) is 5.26 Å². The van der Waals surface area contributed by atoms with E-state index in [1.807, 2.05) is 178 Å². The van der Waals surface area contributed by atoms with Crippen molar-refractivity contribution in [3.63, 3.8) is 0 Å². The number of fused-ring (bicyclic) bond motifs is 9. The molecule has 11 rings (SSSR count). The molecule has 1 N–H and O–H groups in total. The van der Waals surface area contributed by atoms with Gasteiger partial charge in [-0.3, -0.25) is 13.7 Å². The van der Waals surface area contributed by atoms with Gasteiger partial charge in [0.1, 0.15) is 23.0 Å². The van der Waals surface area contributed by atoms with Crippen molar-refractivity contribution in [1.82, 2.24) is 0 Å². The Morgan fingerprint density at radius 2 is 0.877 bits per heavy atom. The Morgan fingerprint density at radius 3 is 1.29 bits per heavy atom. The number of nitrogens with zero attached hydrogens (tertiary/aromatic N) is 1. The van der Waals surface area contributed by atoms with Gasteiger partial charge in [-0.05, 0) is 76.7 Å². The molecule has 0 saturated carbocycles. The summed E-state index contributed by atoms with van der Waals surface area (Å²) in [5.41, 5.74) is 7.01. The number of para-hydroxylation sites is 3. The van der Waals surface area contributed by atoms with E-state index in [0.29, 0.717) is 67.6 Å². The molecule has 0 amide bonds. The van der Waals surface area contributed by atoms with Crippen molar-refractivity contribution in [3.8, 4) is 68.4 Å². The molecule has 0 aliphatic carbocycles. The molecule has 0 bridgehead atoms. The maximum Gasteiger partial charge on any atom is 0.292 e. The van der Waals surface area contributed by atoms with Gasteiger partial charge in [0, 0.05) is 51.0 Å². The Morgan fingerprint density at radius 1 is 0.521 bits per heavy atom. The number of phenols is 1. The maximum absolute atomic E-state index is 15.7. The highest BCUT2D eigenvalue weighted by atomic mass is 31.2. The Hall–Kier alpha value is -7.10. The van der Waals surface area contributed by atoms with Crippen molar-refractivity contribution in [2.24, 2.45) is 0 Å². The van der Waals surface area contributed by atoms with Crippen LogP contribution in [0.4, 0.5) is 0 Å². The first-order valence-corrected chi connectivity index (χ1v) is 29.8. The van der Waals surface area contributed by atoms with Gasteiger partial charge in [0.05, 0.1) is 41.0 Å². The lowest BCUT2D eigenvalue weighted by Gasteiger charge is -2.33. The molecule has 3 aliphatic rings. The lowest BCUT2D eigenvalue weighted by Crippen LogP contribution is -2.23. The quantitative estimate of drug-likeness (QED) is 0.0635. The molecule has 0 spiro atoms. The second-order valence-electron chi connectivity index (χ2n) is 19.3. The van der Waals surface area contributed by atoms with Crippen LogP contribution in [-0.4, -0.2) is 11.7 Å². The van der Waals surface area contributed by atoms with Gasteiger partial charge in [-0.15, -0.1) is 5.26 Å². The van der Waals surface area contributed by atoms with Crippen LogP contribution in [0.5, 0.6) is 28.7 Å². The molecule has 3 heterocycles. The van der Waals surface area contributed by atoms with Crippen molar-refractivity contribution >= 4 is 38.0 Å². The molecule has 0 fully saturated rings. The minimum Gasteiger partial charge on any atom is -0.507 e. The minimum absolute atomic E-state index is 0.0907. The van der Waals surface area contributed by atoms with Crippen molar-refractivity contribution < 1.29 is 41.8 Å². The Labute approximate surface area is 425 Å². The number of aromatic hydroxyl groups is 1. The van der Waals surface area contributed by atoms with E-state index in [1.54, 1.807) is 12.1 Å². The molecule has 8 aromatic carbocycles. The smallest absolute Gasteiger partial charge is 0.292 e. The van der Waals surface area contributed by atoms with E-state index in [-0.39, 0.29) is 36.6 Å². The summed E-state index contributed by atoms with van der Waals surface area (Å²) >= 11 is 0. The summed E-state index contributed by atoms with van der Waals surface area (Å²) in [6.07, 6.45) is 3.12. The highest BCUT2D eigenvalue weighted by Crippen LogP contribution is 2.62. The molecule has 73 heavy (non-hydrogen) atoms. The molecule has 3 atom stereocenters. The second kappa shape index (κ2) is 19.1. The first kappa shape index (κ1) is 48.2. The van der Waals surface area contributed by atoms with Crippen LogP contribution in [0.1, 0.15) is 67.0 Å². The SMILES string of the molecule is CCCCOCc1cc(C(C)(C)c2cc(CP3(=O)Oc4ccccc4-c4ccccc43)c(O)c(CP3(=O)Oc4ccccc4-c4ccccc43)c2)cc(CP2(=O)Oc3ccccc3-c3ccccc32)c1OC#N. The zero-order valence-electron chi connectivity index (χ0n) is 40.6. The van der Waals surface area contributed by atoms with Crippen molar-refractivity contribution in [2.45, 2.75) is 64.1 Å². The fourth-order valence-electron chi connectivity index (χ4n) is 10.4. The largest absolute Gasteiger partial charge is 0.507 e. The summed E-state index contributed by atoms with van der Waals surface area (Å²) in [4.78, 5) is 0. The van der Waals surface area contributed by atoms with Gasteiger partial charge < -0.3 is 28.2 Å². The molecular formula is C60H52NO9P3. The average Bonchev–Trinajstić information content (AvgIpc) is 3.39. The molecular weight excluding hydrogens is 972 g/mol. The van der Waals surface area contributed by atoms with E-state index in [9.17, 15) is 10.4 Å². The number of ether oxygens (including phenoxy) is 2. The van der Waals surface area contributed by atoms with E-state index in [1.165, 1.54) is 0 Å². The number of benzene rings is 8. The standard InChI is InChI=1S/C60H52NO9P3/c1-4-5-30-66-35-40-31-44(34-43(59(40)67-39-61)38-73(65)57-29-17-11-23-51(57)48-20-8-14-26-54(48)70-73)60(2,3)45-32-41(36-71(63)55-27-15-9-21-49(55)46-18-6-12-24-52(46)68-71)58(62)42(33-45)37-72(64)56-28-16-10-22-50(56)47-19-7-13-25-53(47)69-72/h6-29,31-34,62H,4-5,30,35-38H2,1-3H3. The van der Waals surface area contributed by atoms with E-state index in [0.717, 1.165) is 51.8 Å². The minimum atomic E-state index is -3.80. The first-order valence-electron chi connectivity index (χ1n) is 24.4. The Kier molecular flexibility index (Phi) is 12.6. The monoisotopic (exact) mass is 1020 g/mol. The number of phenolic OH excluding ortho intramolecular Hbond substituents is 1. The van der Waals surface area contributed by atoms with Crippen molar-refractivity contribution in [2.75, 3.05) is 6.61 Å². The molecule has 0 aromatic heterocycles. The third-order valence-electron chi connectivity index (χ3n) is 14.2. The zero-order valence-corrected chi connectivity index (χ0v) is 43.3. The van der Waals surface area contributed by atoms with Crippen LogP contribution in [0, 0.1) is 11.5 Å². The lowest BCUT2D eigenvalue weighted by molar-refractivity contribution is 0.116. The van der Waals surface area contributed by atoms with Crippen LogP contribution < -0.4 is 34.2 Å². The summed E-state index contributed by atoms with van der Waals surface area (Å²) in [5, 5.41) is 24.4. The van der Waals surface area contributed by atoms with Gasteiger partial charge >= 0.3 is 0 Å². The van der Waals surface area contributed by atoms with Crippen LogP contribution in [0.15, 0.2) is 170 Å². The summed E-state index contributed by atoms with van der Waals surface area (Å²) < 4.78 is 78.5. The molecule has 10 nitrogen and oxygen atoms in total. The Balaban J connectivity index is 1.08. The number of hydrogen-bond donors (Lipinski definition) is 1. The number of hydrogen-bond acceptors (Lipinski definition) is 10. The topological polar surface area (TPSA) is 141 Å². The summed E-state index contributed by atoms with van der Waals surface area (Å²) in [5.74, 6) is 1.52. The number of nitriles is 1. The van der Waals surface area contributed by atoms with Gasteiger partial charge in [-0.1, -0.05) is 155 Å². The van der Waals surface area contributed by atoms with Gasteiger partial charge in [0.15, 0.2) is 5.75 Å². The fraction of sp³-hybridized carbons (Fsp3) is 0.183. The Bertz CT molecular complexity index is 3560. The summed E-state index contributed by atoms with van der Waals surface area (Å²) in [6, 6.07) is 52.5. The van der Waals surface area contributed by atoms with Gasteiger partial charge in [0.25, 0.3) is 28.4 Å². The molecule has 13 heteroatoms.